The maximum absolute atomic E-state index is 6.67. The van der Waals surface area contributed by atoms with Gasteiger partial charge in [0.15, 0.2) is 0 Å². The molecule has 0 aliphatic heterocycles. The summed E-state index contributed by atoms with van der Waals surface area (Å²) in [7, 11) is 0. The van der Waals surface area contributed by atoms with Crippen LogP contribution in [0.25, 0.3) is 9.69 Å². The molecule has 0 aliphatic rings. The third-order valence-corrected chi connectivity index (χ3v) is 1.78. The Labute approximate surface area is 81.0 Å². The van der Waals surface area contributed by atoms with Gasteiger partial charge in [0.05, 0.1) is 13.1 Å². The molecular formula is C10H15N3. The molecule has 0 aromatic carbocycles. The van der Waals surface area contributed by atoms with Crippen molar-refractivity contribution in [1.82, 2.24) is 4.90 Å². The van der Waals surface area contributed by atoms with E-state index in [1.807, 2.05) is 18.7 Å². The van der Waals surface area contributed by atoms with E-state index in [1.165, 1.54) is 0 Å². The van der Waals surface area contributed by atoms with Gasteiger partial charge in [-0.3, -0.25) is 4.90 Å². The van der Waals surface area contributed by atoms with Crippen LogP contribution in [-0.2, 0) is 0 Å². The molecule has 0 saturated carbocycles. The Morgan fingerprint density at radius 3 is 1.77 bits per heavy atom. The Morgan fingerprint density at radius 1 is 1.15 bits per heavy atom. The van der Waals surface area contributed by atoms with E-state index >= 15 is 0 Å². The Hall–Kier alpha value is -1.06. The van der Waals surface area contributed by atoms with Crippen molar-refractivity contribution in [2.45, 2.75) is 19.4 Å². The topological polar surface area (TPSA) is 12.0 Å². The summed E-state index contributed by atoms with van der Waals surface area (Å²) in [6, 6.07) is 0. The fraction of sp³-hybridized carbons (Fsp3) is 0.700. The molecule has 0 spiro atoms. The van der Waals surface area contributed by atoms with Crippen LogP contribution in [-0.4, -0.2) is 36.6 Å². The quantitative estimate of drug-likeness (QED) is 0.581. The highest BCUT2D eigenvalue weighted by molar-refractivity contribution is 4.86. The van der Waals surface area contributed by atoms with Crippen molar-refractivity contribution in [3.05, 3.63) is 29.8 Å². The second-order valence-electron chi connectivity index (χ2n) is 3.40. The maximum Gasteiger partial charge on any atom is 0.227 e. The minimum absolute atomic E-state index is 0.435. The largest absolute Gasteiger partial charge is 0.316 e. The molecule has 0 bridgehead atoms. The van der Waals surface area contributed by atoms with Gasteiger partial charge in [-0.1, -0.05) is 0 Å². The van der Waals surface area contributed by atoms with Gasteiger partial charge in [0.1, 0.15) is 0 Å². The van der Waals surface area contributed by atoms with Crippen LogP contribution in [0.2, 0.25) is 0 Å². The average Bonchev–Trinajstić information content (AvgIpc) is 2.02. The van der Waals surface area contributed by atoms with Gasteiger partial charge in [-0.05, 0) is 20.8 Å². The molecule has 70 valence electrons. The van der Waals surface area contributed by atoms with Crippen LogP contribution in [0.15, 0.2) is 0 Å². The van der Waals surface area contributed by atoms with Gasteiger partial charge in [-0.15, -0.1) is 0 Å². The van der Waals surface area contributed by atoms with Crippen LogP contribution in [0.1, 0.15) is 13.8 Å². The number of hydrogen-bond acceptors (Lipinski definition) is 1. The molecule has 0 saturated heterocycles. The van der Waals surface area contributed by atoms with Gasteiger partial charge in [0.25, 0.3) is 0 Å². The van der Waals surface area contributed by atoms with E-state index in [-0.39, 0.29) is 0 Å². The summed E-state index contributed by atoms with van der Waals surface area (Å²) in [4.78, 5) is 8.51. The molecule has 0 rings (SSSR count). The zero-order valence-corrected chi connectivity index (χ0v) is 8.25. The summed E-state index contributed by atoms with van der Waals surface area (Å²) in [5.41, 5.74) is -0.435. The standard InChI is InChI=1S/C10H15N3/c1-10(2,3)13(8-6-11-4)9-7-12-5/h1H,6-9H2,2-3H3. The zero-order chi connectivity index (χ0) is 10.3. The van der Waals surface area contributed by atoms with Crippen molar-refractivity contribution in [2.75, 3.05) is 26.2 Å². The zero-order valence-electron chi connectivity index (χ0n) is 8.25. The Balaban J connectivity index is 4.06. The smallest absolute Gasteiger partial charge is 0.227 e. The average molecular weight is 177 g/mol. The van der Waals surface area contributed by atoms with E-state index in [2.05, 4.69) is 9.69 Å². The van der Waals surface area contributed by atoms with E-state index in [0.717, 1.165) is 0 Å². The van der Waals surface area contributed by atoms with Crippen molar-refractivity contribution in [2.24, 2.45) is 0 Å². The molecule has 13 heavy (non-hydrogen) atoms. The summed E-state index contributed by atoms with van der Waals surface area (Å²) in [5, 5.41) is 0. The number of hydrogen-bond donors (Lipinski definition) is 0. The Morgan fingerprint density at radius 2 is 1.54 bits per heavy atom. The highest BCUT2D eigenvalue weighted by atomic mass is 15.2. The molecule has 0 amide bonds. The first kappa shape index (κ1) is 11.9. The third-order valence-electron chi connectivity index (χ3n) is 1.78. The lowest BCUT2D eigenvalue weighted by molar-refractivity contribution is 0.175. The molecule has 0 aromatic rings. The predicted molar refractivity (Wildman–Crippen MR) is 52.9 cm³/mol. The Bertz CT molecular complexity index is 196. The molecule has 0 fully saturated rings. The van der Waals surface area contributed by atoms with Crippen LogP contribution < -0.4 is 0 Å². The van der Waals surface area contributed by atoms with Crippen LogP contribution in [0.5, 0.6) is 0 Å². The van der Waals surface area contributed by atoms with Gasteiger partial charge in [-0.25, -0.2) is 13.1 Å². The van der Waals surface area contributed by atoms with Crippen molar-refractivity contribution < 1.29 is 0 Å². The first-order chi connectivity index (χ1) is 6.02. The summed E-state index contributed by atoms with van der Waals surface area (Å²) >= 11 is 0. The predicted octanol–water partition coefficient (Wildman–Crippen LogP) is 1.62. The number of nitrogens with zero attached hydrogens (tertiary/aromatic N) is 3. The van der Waals surface area contributed by atoms with E-state index in [9.17, 15) is 0 Å². The van der Waals surface area contributed by atoms with Gasteiger partial charge in [0.2, 0.25) is 13.1 Å². The van der Waals surface area contributed by atoms with Gasteiger partial charge in [-0.2, -0.15) is 0 Å². The van der Waals surface area contributed by atoms with Crippen LogP contribution in [0, 0.1) is 20.1 Å². The summed E-state index contributed by atoms with van der Waals surface area (Å²) < 4.78 is 0. The summed E-state index contributed by atoms with van der Waals surface area (Å²) in [5.74, 6) is 0. The van der Waals surface area contributed by atoms with Crippen LogP contribution in [0.3, 0.4) is 0 Å². The highest BCUT2D eigenvalue weighted by Gasteiger charge is 2.22. The SMILES string of the molecule is [C-]#[N+]CCN(CC[N+]#[C-])C([CH])(C)C. The molecule has 0 heterocycles. The minimum atomic E-state index is -0.435. The highest BCUT2D eigenvalue weighted by Crippen LogP contribution is 2.11. The molecular weight excluding hydrogens is 162 g/mol. The minimum Gasteiger partial charge on any atom is -0.316 e. The van der Waals surface area contributed by atoms with Gasteiger partial charge < -0.3 is 9.69 Å². The second-order valence-corrected chi connectivity index (χ2v) is 3.40. The maximum atomic E-state index is 6.67. The summed E-state index contributed by atoms with van der Waals surface area (Å²) in [6.07, 6.45) is 0. The molecule has 0 aliphatic carbocycles. The Kier molecular flexibility index (Phi) is 5.11. The lowest BCUT2D eigenvalue weighted by Gasteiger charge is -2.32. The van der Waals surface area contributed by atoms with Crippen molar-refractivity contribution in [1.29, 1.82) is 0 Å². The first-order valence-corrected chi connectivity index (χ1v) is 4.22. The third kappa shape index (κ3) is 5.22. The fourth-order valence-corrected chi connectivity index (χ4v) is 1.03. The fourth-order valence-electron chi connectivity index (χ4n) is 1.03. The van der Waals surface area contributed by atoms with E-state index in [4.69, 9.17) is 20.1 Å². The first-order valence-electron chi connectivity index (χ1n) is 4.22. The lowest BCUT2D eigenvalue weighted by atomic mass is 10.1. The molecule has 2 radical (unpaired) electrons. The van der Waals surface area contributed by atoms with E-state index in [1.54, 1.807) is 0 Å². The second kappa shape index (κ2) is 5.56. The van der Waals surface area contributed by atoms with Crippen molar-refractivity contribution in [3.8, 4) is 0 Å². The van der Waals surface area contributed by atoms with Crippen LogP contribution in [0.4, 0.5) is 0 Å². The number of rotatable bonds is 5. The lowest BCUT2D eigenvalue weighted by Crippen LogP contribution is -2.44. The van der Waals surface area contributed by atoms with E-state index in [0.29, 0.717) is 26.2 Å². The molecule has 3 heteroatoms. The van der Waals surface area contributed by atoms with Gasteiger partial charge >= 0.3 is 0 Å². The molecule has 0 atom stereocenters. The monoisotopic (exact) mass is 177 g/mol. The molecule has 0 N–H and O–H groups in total. The van der Waals surface area contributed by atoms with Crippen molar-refractivity contribution >= 4 is 0 Å². The molecule has 0 aromatic heterocycles. The molecule has 0 unspecified atom stereocenters. The van der Waals surface area contributed by atoms with Crippen molar-refractivity contribution in [3.63, 3.8) is 0 Å². The van der Waals surface area contributed by atoms with E-state index < -0.39 is 5.54 Å². The van der Waals surface area contributed by atoms with Crippen LogP contribution >= 0.6 is 0 Å². The molecule has 3 nitrogen and oxygen atoms in total. The normalized spacial score (nSPS) is 10.9. The summed E-state index contributed by atoms with van der Waals surface area (Å²) in [6.45, 7) is 25.2. The van der Waals surface area contributed by atoms with Gasteiger partial charge in [0, 0.05) is 5.54 Å².